The third kappa shape index (κ3) is 4.15. The van der Waals surface area contributed by atoms with Gasteiger partial charge in [-0.1, -0.05) is 6.07 Å². The van der Waals surface area contributed by atoms with Gasteiger partial charge in [0.1, 0.15) is 5.82 Å². The van der Waals surface area contributed by atoms with Crippen molar-refractivity contribution < 1.29 is 9.13 Å². The van der Waals surface area contributed by atoms with Crippen molar-refractivity contribution >= 4 is 27.5 Å². The molecule has 0 amide bonds. The summed E-state index contributed by atoms with van der Waals surface area (Å²) in [4.78, 5) is 2.30. The SMILES string of the molecule is CC1(C)CN(Cc2ccc(F)c(Br)c2)CC(CCl)O1. The number of rotatable bonds is 3. The standard InChI is InChI=1S/C14H18BrClFNO/c1-14(2)9-18(8-11(6-16)19-14)7-10-3-4-13(17)12(15)5-10/h3-5,11H,6-9H2,1-2H3. The summed E-state index contributed by atoms with van der Waals surface area (Å²) in [7, 11) is 0. The zero-order chi connectivity index (χ0) is 14.0. The molecule has 2 nitrogen and oxygen atoms in total. The molecular weight excluding hydrogens is 333 g/mol. The molecular formula is C14H18BrClFNO. The van der Waals surface area contributed by atoms with Crippen molar-refractivity contribution in [1.29, 1.82) is 0 Å². The minimum atomic E-state index is -0.232. The number of ether oxygens (including phenoxy) is 1. The van der Waals surface area contributed by atoms with Gasteiger partial charge >= 0.3 is 0 Å². The minimum absolute atomic E-state index is 0.0503. The lowest BCUT2D eigenvalue weighted by atomic mass is 10.0. The van der Waals surface area contributed by atoms with Gasteiger partial charge in [0.2, 0.25) is 0 Å². The number of benzene rings is 1. The summed E-state index contributed by atoms with van der Waals surface area (Å²) >= 11 is 9.13. The van der Waals surface area contributed by atoms with Gasteiger partial charge in [-0.2, -0.15) is 0 Å². The Balaban J connectivity index is 2.07. The Kier molecular flexibility index (Phi) is 4.88. The van der Waals surface area contributed by atoms with Crippen LogP contribution in [0, 0.1) is 5.82 Å². The van der Waals surface area contributed by atoms with Crippen LogP contribution < -0.4 is 0 Å². The lowest BCUT2D eigenvalue weighted by Gasteiger charge is -2.42. The van der Waals surface area contributed by atoms with Crippen LogP contribution in [0.2, 0.25) is 0 Å². The fraction of sp³-hybridized carbons (Fsp3) is 0.571. The maximum Gasteiger partial charge on any atom is 0.137 e. The highest BCUT2D eigenvalue weighted by atomic mass is 79.9. The van der Waals surface area contributed by atoms with Gasteiger partial charge in [0, 0.05) is 25.5 Å². The number of nitrogens with zero attached hydrogens (tertiary/aromatic N) is 1. The summed E-state index contributed by atoms with van der Waals surface area (Å²) in [5, 5.41) is 0. The lowest BCUT2D eigenvalue weighted by molar-refractivity contribution is -0.129. The van der Waals surface area contributed by atoms with E-state index in [1.54, 1.807) is 0 Å². The zero-order valence-corrected chi connectivity index (χ0v) is 13.5. The van der Waals surface area contributed by atoms with Crippen LogP contribution in [0.5, 0.6) is 0 Å². The quantitative estimate of drug-likeness (QED) is 0.769. The van der Waals surface area contributed by atoms with Gasteiger partial charge in [-0.3, -0.25) is 4.90 Å². The molecule has 1 aliphatic heterocycles. The number of alkyl halides is 1. The molecule has 1 aromatic carbocycles. The van der Waals surface area contributed by atoms with Crippen LogP contribution in [-0.2, 0) is 11.3 Å². The average molecular weight is 351 g/mol. The van der Waals surface area contributed by atoms with E-state index in [-0.39, 0.29) is 17.5 Å². The van der Waals surface area contributed by atoms with E-state index in [4.69, 9.17) is 16.3 Å². The molecule has 1 aliphatic rings. The van der Waals surface area contributed by atoms with Crippen LogP contribution in [0.1, 0.15) is 19.4 Å². The van der Waals surface area contributed by atoms with E-state index >= 15 is 0 Å². The number of halogens is 3. The third-order valence-corrected chi connectivity index (χ3v) is 4.07. The Bertz CT molecular complexity index is 455. The second kappa shape index (κ2) is 6.08. The first-order valence-corrected chi connectivity index (χ1v) is 7.62. The van der Waals surface area contributed by atoms with Crippen molar-refractivity contribution in [2.75, 3.05) is 19.0 Å². The molecule has 2 rings (SSSR count). The summed E-state index contributed by atoms with van der Waals surface area (Å²) in [6.45, 7) is 6.56. The first-order chi connectivity index (χ1) is 8.89. The largest absolute Gasteiger partial charge is 0.368 e. The summed E-state index contributed by atoms with van der Waals surface area (Å²) in [5.41, 5.74) is 0.883. The Morgan fingerprint density at radius 2 is 2.26 bits per heavy atom. The molecule has 5 heteroatoms. The van der Waals surface area contributed by atoms with Gasteiger partial charge in [0.25, 0.3) is 0 Å². The van der Waals surface area contributed by atoms with Gasteiger partial charge in [-0.15, -0.1) is 11.6 Å². The summed E-state index contributed by atoms with van der Waals surface area (Å²) < 4.78 is 19.6. The highest BCUT2D eigenvalue weighted by Gasteiger charge is 2.32. The Hall–Kier alpha value is -0.160. The molecule has 19 heavy (non-hydrogen) atoms. The fourth-order valence-electron chi connectivity index (χ4n) is 2.51. The maximum absolute atomic E-state index is 13.2. The highest BCUT2D eigenvalue weighted by Crippen LogP contribution is 2.24. The van der Waals surface area contributed by atoms with Crippen molar-refractivity contribution in [2.45, 2.75) is 32.1 Å². The molecule has 0 aliphatic carbocycles. The van der Waals surface area contributed by atoms with E-state index in [0.717, 1.165) is 25.2 Å². The fourth-order valence-corrected chi connectivity index (χ4v) is 3.10. The Morgan fingerprint density at radius 3 is 2.89 bits per heavy atom. The summed E-state index contributed by atoms with van der Waals surface area (Å²) in [6.07, 6.45) is 0.0503. The monoisotopic (exact) mass is 349 g/mol. The summed E-state index contributed by atoms with van der Waals surface area (Å²) in [5.74, 6) is 0.261. The first kappa shape index (κ1) is 15.2. The molecule has 106 valence electrons. The van der Waals surface area contributed by atoms with E-state index in [2.05, 4.69) is 34.7 Å². The van der Waals surface area contributed by atoms with Crippen LogP contribution >= 0.6 is 27.5 Å². The van der Waals surface area contributed by atoms with E-state index < -0.39 is 0 Å². The molecule has 1 saturated heterocycles. The number of hydrogen-bond donors (Lipinski definition) is 0. The average Bonchev–Trinajstić information content (AvgIpc) is 2.32. The first-order valence-electron chi connectivity index (χ1n) is 6.30. The van der Waals surface area contributed by atoms with Gasteiger partial charge < -0.3 is 4.74 Å². The van der Waals surface area contributed by atoms with Crippen LogP contribution in [-0.4, -0.2) is 35.6 Å². The third-order valence-electron chi connectivity index (χ3n) is 3.11. The minimum Gasteiger partial charge on any atom is -0.368 e. The second-order valence-corrected chi connectivity index (χ2v) is 6.73. The molecule has 1 heterocycles. The van der Waals surface area contributed by atoms with Crippen LogP contribution in [0.3, 0.4) is 0 Å². The maximum atomic E-state index is 13.2. The van der Waals surface area contributed by atoms with Crippen molar-refractivity contribution in [3.63, 3.8) is 0 Å². The van der Waals surface area contributed by atoms with Crippen molar-refractivity contribution in [2.24, 2.45) is 0 Å². The predicted molar refractivity (Wildman–Crippen MR) is 79.0 cm³/mol. The summed E-state index contributed by atoms with van der Waals surface area (Å²) in [6, 6.07) is 5.13. The van der Waals surface area contributed by atoms with Gasteiger partial charge in [0.05, 0.1) is 16.2 Å². The number of morpholine rings is 1. The van der Waals surface area contributed by atoms with Crippen LogP contribution in [0.25, 0.3) is 0 Å². The van der Waals surface area contributed by atoms with Gasteiger partial charge in [0.15, 0.2) is 0 Å². The van der Waals surface area contributed by atoms with Gasteiger partial charge in [-0.05, 0) is 47.5 Å². The molecule has 0 spiro atoms. The highest BCUT2D eigenvalue weighted by molar-refractivity contribution is 9.10. The lowest BCUT2D eigenvalue weighted by Crippen LogP contribution is -2.52. The van der Waals surface area contributed by atoms with E-state index in [1.807, 2.05) is 12.1 Å². The Morgan fingerprint density at radius 1 is 1.53 bits per heavy atom. The molecule has 0 radical (unpaired) electrons. The van der Waals surface area contributed by atoms with Crippen LogP contribution in [0.4, 0.5) is 4.39 Å². The smallest absolute Gasteiger partial charge is 0.137 e. The van der Waals surface area contributed by atoms with E-state index in [9.17, 15) is 4.39 Å². The molecule has 1 atom stereocenters. The zero-order valence-electron chi connectivity index (χ0n) is 11.1. The second-order valence-electron chi connectivity index (χ2n) is 5.57. The molecule has 1 fully saturated rings. The normalized spacial score (nSPS) is 23.5. The predicted octanol–water partition coefficient (Wildman–Crippen LogP) is 3.81. The van der Waals surface area contributed by atoms with Crippen molar-refractivity contribution in [3.05, 3.63) is 34.1 Å². The molecule has 1 aromatic rings. The molecule has 0 aromatic heterocycles. The van der Waals surface area contributed by atoms with E-state index in [1.165, 1.54) is 6.07 Å². The molecule has 0 N–H and O–H groups in total. The van der Waals surface area contributed by atoms with Crippen molar-refractivity contribution in [3.8, 4) is 0 Å². The molecule has 1 unspecified atom stereocenters. The topological polar surface area (TPSA) is 12.5 Å². The number of hydrogen-bond acceptors (Lipinski definition) is 2. The van der Waals surface area contributed by atoms with Crippen molar-refractivity contribution in [1.82, 2.24) is 4.90 Å². The van der Waals surface area contributed by atoms with Crippen LogP contribution in [0.15, 0.2) is 22.7 Å². The molecule has 0 saturated carbocycles. The van der Waals surface area contributed by atoms with E-state index in [0.29, 0.717) is 10.4 Å². The molecule has 0 bridgehead atoms. The Labute approximate surface area is 127 Å². The van der Waals surface area contributed by atoms with Gasteiger partial charge in [-0.25, -0.2) is 4.39 Å².